The summed E-state index contributed by atoms with van der Waals surface area (Å²) in [5.74, 6) is 1.61. The molecule has 1 aliphatic heterocycles. The number of aryl methyl sites for hydroxylation is 1. The molecule has 1 N–H and O–H groups in total. The molecule has 0 saturated carbocycles. The minimum atomic E-state index is 0.467. The maximum absolute atomic E-state index is 5.22. The zero-order chi connectivity index (χ0) is 15.4. The third-order valence-electron chi connectivity index (χ3n) is 4.21. The molecule has 22 heavy (non-hydrogen) atoms. The van der Waals surface area contributed by atoms with E-state index in [0.29, 0.717) is 11.9 Å². The van der Waals surface area contributed by atoms with E-state index >= 15 is 0 Å². The van der Waals surface area contributed by atoms with Crippen LogP contribution in [0, 0.1) is 0 Å². The van der Waals surface area contributed by atoms with Crippen molar-refractivity contribution in [2.45, 2.75) is 31.8 Å². The van der Waals surface area contributed by atoms with Crippen LogP contribution in [-0.2, 0) is 19.4 Å². The van der Waals surface area contributed by atoms with Gasteiger partial charge in [0.2, 0.25) is 5.88 Å². The van der Waals surface area contributed by atoms with Gasteiger partial charge in [-0.1, -0.05) is 18.2 Å². The Morgan fingerprint density at radius 2 is 1.91 bits per heavy atom. The zero-order valence-electron chi connectivity index (χ0n) is 13.1. The van der Waals surface area contributed by atoms with Crippen molar-refractivity contribution in [2.24, 2.45) is 0 Å². The first-order chi connectivity index (χ1) is 10.8. The van der Waals surface area contributed by atoms with Crippen LogP contribution in [0.3, 0.4) is 0 Å². The number of fused-ring (bicyclic) bond motifs is 1. The summed E-state index contributed by atoms with van der Waals surface area (Å²) < 4.78 is 10.4. The van der Waals surface area contributed by atoms with Gasteiger partial charge in [-0.25, -0.2) is 4.98 Å². The molecule has 0 amide bonds. The molecule has 0 radical (unpaired) electrons. The monoisotopic (exact) mass is 298 g/mol. The first kappa shape index (κ1) is 14.9. The Balaban J connectivity index is 1.59. The lowest BCUT2D eigenvalue weighted by Crippen LogP contribution is -2.36. The van der Waals surface area contributed by atoms with E-state index in [1.807, 2.05) is 18.2 Å². The predicted octanol–water partition coefficient (Wildman–Crippen LogP) is 2.75. The lowest BCUT2D eigenvalue weighted by Gasteiger charge is -2.25. The van der Waals surface area contributed by atoms with Crippen LogP contribution in [0.25, 0.3) is 0 Å². The van der Waals surface area contributed by atoms with Crippen molar-refractivity contribution in [3.8, 4) is 11.6 Å². The van der Waals surface area contributed by atoms with Crippen molar-refractivity contribution in [3.63, 3.8) is 0 Å². The Bertz CT molecular complexity index is 625. The van der Waals surface area contributed by atoms with E-state index in [1.54, 1.807) is 14.2 Å². The lowest BCUT2D eigenvalue weighted by molar-refractivity contribution is 0.388. The molecule has 2 heterocycles. The second kappa shape index (κ2) is 6.79. The standard InChI is InChI=1S/C18H22N2O2/c1-21-16-8-4-13(5-9-16)3-7-15-11-17-14(12-19-15)6-10-18(20-17)22-2/h4-6,8-10,15,19H,3,7,11-12H2,1-2H3. The summed E-state index contributed by atoms with van der Waals surface area (Å²) in [5.41, 5.74) is 3.78. The van der Waals surface area contributed by atoms with E-state index in [9.17, 15) is 0 Å². The second-order valence-electron chi connectivity index (χ2n) is 5.63. The number of nitrogens with one attached hydrogen (secondary N) is 1. The van der Waals surface area contributed by atoms with Gasteiger partial charge in [-0.2, -0.15) is 0 Å². The Morgan fingerprint density at radius 1 is 1.09 bits per heavy atom. The van der Waals surface area contributed by atoms with E-state index in [4.69, 9.17) is 9.47 Å². The molecule has 1 atom stereocenters. The Morgan fingerprint density at radius 3 is 2.64 bits per heavy atom. The normalized spacial score (nSPS) is 16.9. The molecule has 1 aromatic heterocycles. The van der Waals surface area contributed by atoms with E-state index in [-0.39, 0.29) is 0 Å². The molecule has 0 saturated heterocycles. The number of ether oxygens (including phenoxy) is 2. The minimum absolute atomic E-state index is 0.467. The molecule has 0 bridgehead atoms. The molecule has 4 nitrogen and oxygen atoms in total. The molecule has 4 heteroatoms. The predicted molar refractivity (Wildman–Crippen MR) is 86.4 cm³/mol. The molecule has 0 fully saturated rings. The maximum atomic E-state index is 5.22. The molecule has 1 unspecified atom stereocenters. The molecular weight excluding hydrogens is 276 g/mol. The highest BCUT2D eigenvalue weighted by atomic mass is 16.5. The number of methoxy groups -OCH3 is 2. The Kier molecular flexibility index (Phi) is 4.59. The van der Waals surface area contributed by atoms with Crippen molar-refractivity contribution >= 4 is 0 Å². The van der Waals surface area contributed by atoms with Crippen molar-refractivity contribution in [1.82, 2.24) is 10.3 Å². The number of aromatic nitrogens is 1. The van der Waals surface area contributed by atoms with Crippen LogP contribution in [0.5, 0.6) is 11.6 Å². The average Bonchev–Trinajstić information content (AvgIpc) is 2.59. The van der Waals surface area contributed by atoms with Crippen LogP contribution in [0.2, 0.25) is 0 Å². The summed E-state index contributed by atoms with van der Waals surface area (Å²) >= 11 is 0. The van der Waals surface area contributed by atoms with Crippen LogP contribution in [0.15, 0.2) is 36.4 Å². The van der Waals surface area contributed by atoms with Crippen molar-refractivity contribution in [2.75, 3.05) is 14.2 Å². The molecule has 0 spiro atoms. The summed E-state index contributed by atoms with van der Waals surface area (Å²) in [4.78, 5) is 4.58. The number of hydrogen-bond acceptors (Lipinski definition) is 4. The summed E-state index contributed by atoms with van der Waals surface area (Å²) in [7, 11) is 3.36. The highest BCUT2D eigenvalue weighted by molar-refractivity contribution is 5.29. The first-order valence-electron chi connectivity index (χ1n) is 7.67. The summed E-state index contributed by atoms with van der Waals surface area (Å²) in [6, 6.07) is 12.8. The number of rotatable bonds is 5. The van der Waals surface area contributed by atoms with Crippen molar-refractivity contribution in [1.29, 1.82) is 0 Å². The van der Waals surface area contributed by atoms with Crippen LogP contribution in [0.1, 0.15) is 23.2 Å². The van der Waals surface area contributed by atoms with E-state index in [1.165, 1.54) is 11.1 Å². The smallest absolute Gasteiger partial charge is 0.213 e. The number of pyridine rings is 1. The van der Waals surface area contributed by atoms with Gasteiger partial charge in [0.05, 0.1) is 19.9 Å². The minimum Gasteiger partial charge on any atom is -0.497 e. The SMILES string of the molecule is COc1ccc(CCC2Cc3nc(OC)ccc3CN2)cc1. The Hall–Kier alpha value is -2.07. The quantitative estimate of drug-likeness (QED) is 0.922. The van der Waals surface area contributed by atoms with Gasteiger partial charge >= 0.3 is 0 Å². The molecular formula is C18H22N2O2. The first-order valence-corrected chi connectivity index (χ1v) is 7.67. The van der Waals surface area contributed by atoms with Gasteiger partial charge in [-0.15, -0.1) is 0 Å². The van der Waals surface area contributed by atoms with Gasteiger partial charge in [0.25, 0.3) is 0 Å². The Labute approximate surface area is 131 Å². The van der Waals surface area contributed by atoms with Crippen LogP contribution < -0.4 is 14.8 Å². The van der Waals surface area contributed by atoms with Gasteiger partial charge in [0, 0.05) is 25.1 Å². The van der Waals surface area contributed by atoms with Crippen LogP contribution in [0.4, 0.5) is 0 Å². The van der Waals surface area contributed by atoms with Gasteiger partial charge in [-0.3, -0.25) is 0 Å². The topological polar surface area (TPSA) is 43.4 Å². The molecule has 116 valence electrons. The molecule has 1 aliphatic rings. The maximum Gasteiger partial charge on any atom is 0.213 e. The fourth-order valence-electron chi connectivity index (χ4n) is 2.86. The van der Waals surface area contributed by atoms with E-state index < -0.39 is 0 Å². The number of nitrogens with zero attached hydrogens (tertiary/aromatic N) is 1. The third kappa shape index (κ3) is 3.39. The van der Waals surface area contributed by atoms with Gasteiger partial charge < -0.3 is 14.8 Å². The number of benzene rings is 1. The van der Waals surface area contributed by atoms with Gasteiger partial charge in [0.15, 0.2) is 0 Å². The highest BCUT2D eigenvalue weighted by Crippen LogP contribution is 2.21. The molecule has 1 aromatic carbocycles. The highest BCUT2D eigenvalue weighted by Gasteiger charge is 2.19. The third-order valence-corrected chi connectivity index (χ3v) is 4.21. The average molecular weight is 298 g/mol. The summed E-state index contributed by atoms with van der Waals surface area (Å²) in [6.07, 6.45) is 3.12. The van der Waals surface area contributed by atoms with Gasteiger partial charge in [-0.05, 0) is 36.1 Å². The lowest BCUT2D eigenvalue weighted by atomic mass is 9.96. The van der Waals surface area contributed by atoms with Gasteiger partial charge in [0.1, 0.15) is 5.75 Å². The molecule has 3 rings (SSSR count). The van der Waals surface area contributed by atoms with Crippen LogP contribution in [-0.4, -0.2) is 25.2 Å². The zero-order valence-corrected chi connectivity index (χ0v) is 13.1. The fourth-order valence-corrected chi connectivity index (χ4v) is 2.86. The molecule has 0 aliphatic carbocycles. The van der Waals surface area contributed by atoms with E-state index in [0.717, 1.165) is 37.3 Å². The molecule has 2 aromatic rings. The van der Waals surface area contributed by atoms with Crippen molar-refractivity contribution < 1.29 is 9.47 Å². The second-order valence-corrected chi connectivity index (χ2v) is 5.63. The largest absolute Gasteiger partial charge is 0.497 e. The van der Waals surface area contributed by atoms with Crippen LogP contribution >= 0.6 is 0 Å². The van der Waals surface area contributed by atoms with E-state index in [2.05, 4.69) is 28.5 Å². The van der Waals surface area contributed by atoms with Crippen molar-refractivity contribution in [3.05, 3.63) is 53.2 Å². The number of hydrogen-bond donors (Lipinski definition) is 1. The fraction of sp³-hybridized carbons (Fsp3) is 0.389. The summed E-state index contributed by atoms with van der Waals surface area (Å²) in [5, 5.41) is 3.60. The summed E-state index contributed by atoms with van der Waals surface area (Å²) in [6.45, 7) is 0.888.